The first-order chi connectivity index (χ1) is 5.66. The molecule has 0 aliphatic carbocycles. The highest BCUT2D eigenvalue weighted by Gasteiger charge is 1.99. The van der Waals surface area contributed by atoms with Gasteiger partial charge >= 0.3 is 0 Å². The maximum absolute atomic E-state index is 10.9. The highest BCUT2D eigenvalue weighted by atomic mass is 32.2. The molecule has 0 aromatic carbocycles. The molecule has 12 heavy (non-hydrogen) atoms. The summed E-state index contributed by atoms with van der Waals surface area (Å²) in [4.78, 5) is 21.3. The molecule has 0 rings (SSSR count). The van der Waals surface area contributed by atoms with Gasteiger partial charge in [-0.05, 0) is 6.26 Å². The summed E-state index contributed by atoms with van der Waals surface area (Å²) in [5, 5.41) is 5.08. The number of carbonyl (C=O) groups is 2. The van der Waals surface area contributed by atoms with Crippen molar-refractivity contribution in [2.24, 2.45) is 0 Å². The van der Waals surface area contributed by atoms with Crippen molar-refractivity contribution in [1.29, 1.82) is 0 Å². The average molecular weight is 190 g/mol. The summed E-state index contributed by atoms with van der Waals surface area (Å²) in [6.07, 6.45) is 1.97. The summed E-state index contributed by atoms with van der Waals surface area (Å²) in [5.41, 5.74) is 0. The van der Waals surface area contributed by atoms with Crippen molar-refractivity contribution >= 4 is 23.6 Å². The molecule has 5 heteroatoms. The predicted molar refractivity (Wildman–Crippen MR) is 50.1 cm³/mol. The Balaban J connectivity index is 3.28. The Bertz CT molecular complexity index is 161. The number of carbonyl (C=O) groups excluding carboxylic acids is 2. The molecule has 0 unspecified atom stereocenters. The Morgan fingerprint density at radius 1 is 1.33 bits per heavy atom. The number of hydrogen-bond donors (Lipinski definition) is 2. The first-order valence-electron chi connectivity index (χ1n) is 3.67. The Morgan fingerprint density at radius 3 is 2.50 bits per heavy atom. The minimum Gasteiger partial charge on any atom is -0.354 e. The fourth-order valence-electron chi connectivity index (χ4n) is 0.560. The van der Waals surface area contributed by atoms with E-state index in [1.54, 1.807) is 11.8 Å². The molecule has 2 amide bonds. The van der Waals surface area contributed by atoms with Gasteiger partial charge in [0, 0.05) is 19.2 Å². The van der Waals surface area contributed by atoms with E-state index >= 15 is 0 Å². The molecule has 0 aromatic heterocycles. The molecule has 0 spiro atoms. The van der Waals surface area contributed by atoms with E-state index in [1.165, 1.54) is 6.92 Å². The number of hydrogen-bond acceptors (Lipinski definition) is 3. The molecule has 0 aliphatic heterocycles. The maximum atomic E-state index is 10.9. The number of nitrogens with one attached hydrogen (secondary N) is 2. The van der Waals surface area contributed by atoms with Crippen LogP contribution < -0.4 is 10.6 Å². The fraction of sp³-hybridized carbons (Fsp3) is 0.714. The van der Waals surface area contributed by atoms with Crippen molar-refractivity contribution < 1.29 is 9.59 Å². The topological polar surface area (TPSA) is 58.2 Å². The molecule has 70 valence electrons. The minimum atomic E-state index is -0.185. The van der Waals surface area contributed by atoms with Gasteiger partial charge in [-0.25, -0.2) is 0 Å². The largest absolute Gasteiger partial charge is 0.354 e. The molecule has 0 aliphatic rings. The second-order valence-electron chi connectivity index (χ2n) is 2.25. The van der Waals surface area contributed by atoms with Crippen LogP contribution in [0.15, 0.2) is 0 Å². The van der Waals surface area contributed by atoms with E-state index in [-0.39, 0.29) is 18.4 Å². The van der Waals surface area contributed by atoms with Crippen LogP contribution in [0.1, 0.15) is 6.92 Å². The Labute approximate surface area is 76.5 Å². The van der Waals surface area contributed by atoms with Gasteiger partial charge in [-0.15, -0.1) is 0 Å². The predicted octanol–water partition coefficient (Wildman–Crippen LogP) is -0.398. The molecule has 4 nitrogen and oxygen atoms in total. The van der Waals surface area contributed by atoms with Crippen LogP contribution in [-0.2, 0) is 9.59 Å². The van der Waals surface area contributed by atoms with Gasteiger partial charge in [0.2, 0.25) is 11.8 Å². The lowest BCUT2D eigenvalue weighted by Gasteiger charge is -2.03. The highest BCUT2D eigenvalue weighted by Crippen LogP contribution is 1.86. The van der Waals surface area contributed by atoms with E-state index in [1.807, 2.05) is 6.26 Å². The zero-order chi connectivity index (χ0) is 9.40. The zero-order valence-electron chi connectivity index (χ0n) is 7.35. The molecule has 0 heterocycles. The second-order valence-corrected chi connectivity index (χ2v) is 3.24. The van der Waals surface area contributed by atoms with E-state index in [4.69, 9.17) is 0 Å². The van der Waals surface area contributed by atoms with E-state index in [0.29, 0.717) is 6.54 Å². The van der Waals surface area contributed by atoms with E-state index < -0.39 is 0 Å². The van der Waals surface area contributed by atoms with Gasteiger partial charge in [0.15, 0.2) is 0 Å². The van der Waals surface area contributed by atoms with Gasteiger partial charge in [-0.1, -0.05) is 0 Å². The summed E-state index contributed by atoms with van der Waals surface area (Å²) in [6, 6.07) is 0. The van der Waals surface area contributed by atoms with Crippen molar-refractivity contribution in [1.82, 2.24) is 10.6 Å². The average Bonchev–Trinajstić information content (AvgIpc) is 2.01. The summed E-state index contributed by atoms with van der Waals surface area (Å²) >= 11 is 1.67. The number of rotatable bonds is 5. The maximum Gasteiger partial charge on any atom is 0.239 e. The Hall–Kier alpha value is -0.710. The van der Waals surface area contributed by atoms with Gasteiger partial charge in [-0.2, -0.15) is 11.8 Å². The van der Waals surface area contributed by atoms with Crippen LogP contribution >= 0.6 is 11.8 Å². The van der Waals surface area contributed by atoms with Crippen molar-refractivity contribution in [3.8, 4) is 0 Å². The van der Waals surface area contributed by atoms with Crippen LogP contribution in [0.25, 0.3) is 0 Å². The third kappa shape index (κ3) is 7.40. The van der Waals surface area contributed by atoms with Crippen molar-refractivity contribution in [2.45, 2.75) is 6.92 Å². The number of amides is 2. The quantitative estimate of drug-likeness (QED) is 0.580. The van der Waals surface area contributed by atoms with Crippen LogP contribution in [0.3, 0.4) is 0 Å². The van der Waals surface area contributed by atoms with Crippen molar-refractivity contribution in [2.75, 3.05) is 25.1 Å². The van der Waals surface area contributed by atoms with E-state index in [9.17, 15) is 9.59 Å². The van der Waals surface area contributed by atoms with Crippen molar-refractivity contribution in [3.63, 3.8) is 0 Å². The molecule has 0 saturated carbocycles. The van der Waals surface area contributed by atoms with E-state index in [0.717, 1.165) is 5.75 Å². The van der Waals surface area contributed by atoms with Crippen LogP contribution in [-0.4, -0.2) is 36.9 Å². The monoisotopic (exact) mass is 190 g/mol. The molecule has 2 N–H and O–H groups in total. The zero-order valence-corrected chi connectivity index (χ0v) is 8.16. The first kappa shape index (κ1) is 11.3. The SMILES string of the molecule is CSCCNC(=O)CNC(C)=O. The summed E-state index contributed by atoms with van der Waals surface area (Å²) in [7, 11) is 0. The first-order valence-corrected chi connectivity index (χ1v) is 5.06. The van der Waals surface area contributed by atoms with Gasteiger partial charge in [-0.3, -0.25) is 9.59 Å². The van der Waals surface area contributed by atoms with Crippen LogP contribution in [0.4, 0.5) is 0 Å². The van der Waals surface area contributed by atoms with Gasteiger partial charge in [0.05, 0.1) is 6.54 Å². The molecule has 0 saturated heterocycles. The third-order valence-electron chi connectivity index (χ3n) is 1.13. The van der Waals surface area contributed by atoms with Crippen LogP contribution in [0.2, 0.25) is 0 Å². The van der Waals surface area contributed by atoms with Gasteiger partial charge in [0.1, 0.15) is 0 Å². The molecule has 0 fully saturated rings. The van der Waals surface area contributed by atoms with Crippen molar-refractivity contribution in [3.05, 3.63) is 0 Å². The highest BCUT2D eigenvalue weighted by molar-refractivity contribution is 7.98. The third-order valence-corrected chi connectivity index (χ3v) is 1.74. The van der Waals surface area contributed by atoms with Crippen LogP contribution in [0, 0.1) is 0 Å². The lowest BCUT2D eigenvalue weighted by Crippen LogP contribution is -2.36. The summed E-state index contributed by atoms with van der Waals surface area (Å²) in [5.74, 6) is 0.570. The standard InChI is InChI=1S/C7H14N2O2S/c1-6(10)9-5-7(11)8-3-4-12-2/h3-5H2,1-2H3,(H,8,11)(H,9,10). The molecular weight excluding hydrogens is 176 g/mol. The summed E-state index contributed by atoms with van der Waals surface area (Å²) in [6.45, 7) is 2.11. The minimum absolute atomic E-state index is 0.0731. The molecule has 0 aromatic rings. The van der Waals surface area contributed by atoms with Crippen LogP contribution in [0.5, 0.6) is 0 Å². The smallest absolute Gasteiger partial charge is 0.239 e. The molecule has 0 bridgehead atoms. The normalized spacial score (nSPS) is 9.17. The van der Waals surface area contributed by atoms with Gasteiger partial charge < -0.3 is 10.6 Å². The lowest BCUT2D eigenvalue weighted by atomic mass is 10.5. The Kier molecular flexibility index (Phi) is 6.55. The fourth-order valence-corrected chi connectivity index (χ4v) is 0.866. The number of thioether (sulfide) groups is 1. The molecular formula is C7H14N2O2S. The lowest BCUT2D eigenvalue weighted by molar-refractivity contribution is -0.124. The molecule has 0 atom stereocenters. The summed E-state index contributed by atoms with van der Waals surface area (Å²) < 4.78 is 0. The second kappa shape index (κ2) is 6.97. The van der Waals surface area contributed by atoms with E-state index in [2.05, 4.69) is 10.6 Å². The Morgan fingerprint density at radius 2 is 2.00 bits per heavy atom. The molecule has 0 radical (unpaired) electrons. The van der Waals surface area contributed by atoms with Gasteiger partial charge in [0.25, 0.3) is 0 Å².